The Morgan fingerprint density at radius 1 is 0.867 bits per heavy atom. The molecule has 2 N–H and O–H groups in total. The zero-order chi connectivity index (χ0) is 21.9. The SMILES string of the molecule is CCn1c(=O)n(CCC(=O)Nc2ccc(NC(=O)C(C)(C)C)cc2)c2ccccc21. The number of aromatic nitrogens is 2. The van der Waals surface area contributed by atoms with Crippen molar-refractivity contribution in [1.82, 2.24) is 9.13 Å². The van der Waals surface area contributed by atoms with Crippen LogP contribution in [0.2, 0.25) is 0 Å². The maximum atomic E-state index is 12.6. The van der Waals surface area contributed by atoms with Gasteiger partial charge in [-0.1, -0.05) is 32.9 Å². The molecule has 0 saturated carbocycles. The lowest BCUT2D eigenvalue weighted by molar-refractivity contribution is -0.123. The van der Waals surface area contributed by atoms with Crippen LogP contribution in [0.1, 0.15) is 34.1 Å². The summed E-state index contributed by atoms with van der Waals surface area (Å²) in [4.78, 5) is 37.1. The van der Waals surface area contributed by atoms with Gasteiger partial charge in [0.05, 0.1) is 11.0 Å². The van der Waals surface area contributed by atoms with E-state index in [1.807, 2.05) is 52.0 Å². The van der Waals surface area contributed by atoms with Crippen LogP contribution in [0.4, 0.5) is 11.4 Å². The summed E-state index contributed by atoms with van der Waals surface area (Å²) in [5.74, 6) is -0.252. The summed E-state index contributed by atoms with van der Waals surface area (Å²) in [6.07, 6.45) is 0.181. The highest BCUT2D eigenvalue weighted by atomic mass is 16.2. The minimum atomic E-state index is -0.480. The number of benzene rings is 2. The second-order valence-electron chi connectivity index (χ2n) is 8.25. The Kier molecular flexibility index (Phi) is 6.10. The van der Waals surface area contributed by atoms with Crippen LogP contribution in [0.3, 0.4) is 0 Å². The summed E-state index contributed by atoms with van der Waals surface area (Å²) in [6.45, 7) is 8.35. The lowest BCUT2D eigenvalue weighted by Crippen LogP contribution is -2.27. The third-order valence-corrected chi connectivity index (χ3v) is 4.91. The van der Waals surface area contributed by atoms with E-state index in [4.69, 9.17) is 0 Å². The first kappa shape index (κ1) is 21.4. The predicted octanol–water partition coefficient (Wildman–Crippen LogP) is 3.84. The summed E-state index contributed by atoms with van der Waals surface area (Å²) in [7, 11) is 0. The normalized spacial score (nSPS) is 11.5. The fourth-order valence-corrected chi connectivity index (χ4v) is 3.19. The number of hydrogen-bond donors (Lipinski definition) is 2. The molecule has 2 aromatic carbocycles. The smallest absolute Gasteiger partial charge is 0.326 e. The first-order chi connectivity index (χ1) is 14.2. The average molecular weight is 409 g/mol. The fraction of sp³-hybridized carbons (Fsp3) is 0.348. The highest BCUT2D eigenvalue weighted by molar-refractivity contribution is 5.95. The number of aryl methyl sites for hydroxylation is 2. The second-order valence-corrected chi connectivity index (χ2v) is 8.25. The molecule has 0 spiro atoms. The number of hydrogen-bond acceptors (Lipinski definition) is 3. The van der Waals surface area contributed by atoms with Crippen LogP contribution in [0, 0.1) is 5.41 Å². The summed E-state index contributed by atoms with van der Waals surface area (Å²) in [6, 6.07) is 14.6. The Balaban J connectivity index is 1.63. The largest absolute Gasteiger partial charge is 0.329 e. The van der Waals surface area contributed by atoms with Crippen LogP contribution < -0.4 is 16.3 Å². The van der Waals surface area contributed by atoms with E-state index >= 15 is 0 Å². The number of nitrogens with zero attached hydrogens (tertiary/aromatic N) is 2. The van der Waals surface area contributed by atoms with Gasteiger partial charge in [-0.05, 0) is 43.3 Å². The number of imidazole rings is 1. The molecule has 7 nitrogen and oxygen atoms in total. The molecule has 3 rings (SSSR count). The molecule has 0 aliphatic carbocycles. The van der Waals surface area contributed by atoms with Crippen LogP contribution >= 0.6 is 0 Å². The zero-order valence-corrected chi connectivity index (χ0v) is 17.9. The van der Waals surface area contributed by atoms with E-state index in [0.29, 0.717) is 24.5 Å². The maximum Gasteiger partial charge on any atom is 0.329 e. The van der Waals surface area contributed by atoms with E-state index in [-0.39, 0.29) is 23.9 Å². The zero-order valence-electron chi connectivity index (χ0n) is 17.9. The molecule has 158 valence electrons. The van der Waals surface area contributed by atoms with Gasteiger partial charge in [0.1, 0.15) is 0 Å². The number of rotatable bonds is 6. The Labute approximate surface area is 175 Å². The molecule has 7 heteroatoms. The highest BCUT2D eigenvalue weighted by Gasteiger charge is 2.21. The molecule has 3 aromatic rings. The van der Waals surface area contributed by atoms with Gasteiger partial charge in [0.2, 0.25) is 11.8 Å². The van der Waals surface area contributed by atoms with Gasteiger partial charge in [0.25, 0.3) is 0 Å². The van der Waals surface area contributed by atoms with Gasteiger partial charge in [-0.2, -0.15) is 0 Å². The van der Waals surface area contributed by atoms with Gasteiger partial charge in [0, 0.05) is 36.3 Å². The van der Waals surface area contributed by atoms with Crippen molar-refractivity contribution in [2.24, 2.45) is 5.41 Å². The molecule has 0 aliphatic rings. The summed E-state index contributed by atoms with van der Waals surface area (Å²) in [5, 5.41) is 5.69. The van der Waals surface area contributed by atoms with Crippen molar-refractivity contribution in [3.63, 3.8) is 0 Å². The fourth-order valence-electron chi connectivity index (χ4n) is 3.19. The molecule has 1 heterocycles. The summed E-state index contributed by atoms with van der Waals surface area (Å²) >= 11 is 0. The Morgan fingerprint density at radius 3 is 1.93 bits per heavy atom. The molecule has 0 bridgehead atoms. The van der Waals surface area contributed by atoms with E-state index in [1.54, 1.807) is 33.4 Å². The van der Waals surface area contributed by atoms with E-state index in [1.165, 1.54) is 0 Å². The molecular formula is C23H28N4O3. The number of anilines is 2. The van der Waals surface area contributed by atoms with E-state index in [9.17, 15) is 14.4 Å². The van der Waals surface area contributed by atoms with E-state index in [2.05, 4.69) is 10.6 Å². The minimum Gasteiger partial charge on any atom is -0.326 e. The minimum absolute atomic E-state index is 0.0732. The van der Waals surface area contributed by atoms with Crippen molar-refractivity contribution in [3.05, 3.63) is 59.0 Å². The monoisotopic (exact) mass is 408 g/mol. The third kappa shape index (κ3) is 4.62. The van der Waals surface area contributed by atoms with Crippen LogP contribution in [-0.4, -0.2) is 20.9 Å². The molecule has 0 atom stereocenters. The second kappa shape index (κ2) is 8.57. The number of para-hydroxylation sites is 2. The Bertz CT molecular complexity index is 1120. The van der Waals surface area contributed by atoms with E-state index < -0.39 is 5.41 Å². The lowest BCUT2D eigenvalue weighted by atomic mass is 9.95. The number of carbonyl (C=O) groups is 2. The van der Waals surface area contributed by atoms with Crippen LogP contribution in [0.25, 0.3) is 11.0 Å². The molecule has 0 radical (unpaired) electrons. The Morgan fingerprint density at radius 2 is 1.40 bits per heavy atom. The van der Waals surface area contributed by atoms with Gasteiger partial charge in [0.15, 0.2) is 0 Å². The number of fused-ring (bicyclic) bond motifs is 1. The van der Waals surface area contributed by atoms with Crippen molar-refractivity contribution in [3.8, 4) is 0 Å². The van der Waals surface area contributed by atoms with Crippen LogP contribution in [0.5, 0.6) is 0 Å². The van der Waals surface area contributed by atoms with E-state index in [0.717, 1.165) is 11.0 Å². The number of amides is 2. The topological polar surface area (TPSA) is 85.1 Å². The molecule has 0 saturated heterocycles. The molecule has 30 heavy (non-hydrogen) atoms. The van der Waals surface area contributed by atoms with Gasteiger partial charge in [-0.25, -0.2) is 4.79 Å². The summed E-state index contributed by atoms with van der Waals surface area (Å²) in [5.41, 5.74) is 2.43. The van der Waals surface area contributed by atoms with Crippen molar-refractivity contribution >= 4 is 34.2 Å². The Hall–Kier alpha value is -3.35. The van der Waals surface area contributed by atoms with Gasteiger partial charge in [-0.15, -0.1) is 0 Å². The van der Waals surface area contributed by atoms with Gasteiger partial charge < -0.3 is 10.6 Å². The number of carbonyl (C=O) groups excluding carboxylic acids is 2. The lowest BCUT2D eigenvalue weighted by Gasteiger charge is -2.17. The van der Waals surface area contributed by atoms with Crippen molar-refractivity contribution in [2.75, 3.05) is 10.6 Å². The molecular weight excluding hydrogens is 380 g/mol. The number of nitrogens with one attached hydrogen (secondary N) is 2. The predicted molar refractivity (Wildman–Crippen MR) is 120 cm³/mol. The molecule has 0 fully saturated rings. The first-order valence-corrected chi connectivity index (χ1v) is 10.1. The molecule has 0 unspecified atom stereocenters. The van der Waals surface area contributed by atoms with Gasteiger partial charge in [-0.3, -0.25) is 18.7 Å². The highest BCUT2D eigenvalue weighted by Crippen LogP contribution is 2.19. The standard InChI is InChI=1S/C23H28N4O3/c1-5-26-18-8-6-7-9-19(18)27(22(26)30)15-14-20(28)24-16-10-12-17(13-11-16)25-21(29)23(2,3)4/h6-13H,5,14-15H2,1-4H3,(H,24,28)(H,25,29). The van der Waals surface area contributed by atoms with Crippen molar-refractivity contribution in [1.29, 1.82) is 0 Å². The summed E-state index contributed by atoms with van der Waals surface area (Å²) < 4.78 is 3.35. The van der Waals surface area contributed by atoms with Crippen molar-refractivity contribution in [2.45, 2.75) is 47.2 Å². The molecule has 0 aliphatic heterocycles. The quantitative estimate of drug-likeness (QED) is 0.650. The average Bonchev–Trinajstić information content (AvgIpc) is 2.97. The third-order valence-electron chi connectivity index (χ3n) is 4.91. The molecule has 1 aromatic heterocycles. The maximum absolute atomic E-state index is 12.6. The molecule has 2 amide bonds. The van der Waals surface area contributed by atoms with Crippen LogP contribution in [-0.2, 0) is 22.7 Å². The van der Waals surface area contributed by atoms with Crippen LogP contribution in [0.15, 0.2) is 53.3 Å². The van der Waals surface area contributed by atoms with Crippen molar-refractivity contribution < 1.29 is 9.59 Å². The van der Waals surface area contributed by atoms with Gasteiger partial charge >= 0.3 is 5.69 Å². The first-order valence-electron chi connectivity index (χ1n) is 10.1.